The molecule has 9 rings (SSSR count). The second-order valence-corrected chi connectivity index (χ2v) is 17.0. The minimum absolute atomic E-state index is 0.00538. The molecule has 0 unspecified atom stereocenters. The van der Waals surface area contributed by atoms with Crippen LogP contribution in [-0.4, -0.2) is 16.2 Å². The molecule has 0 fully saturated rings. The Kier molecular flexibility index (Phi) is 8.69. The van der Waals surface area contributed by atoms with Gasteiger partial charge in [0.05, 0.1) is 29.1 Å². The van der Waals surface area contributed by atoms with E-state index in [0.717, 1.165) is 47.3 Å². The topological polar surface area (TPSA) is 33.5 Å². The number of anilines is 3. The first-order chi connectivity index (χ1) is 27.0. The van der Waals surface area contributed by atoms with Gasteiger partial charge < -0.3 is 14.5 Å². The number of pyridine rings is 1. The van der Waals surface area contributed by atoms with Crippen molar-refractivity contribution in [2.45, 2.75) is 58.9 Å². The van der Waals surface area contributed by atoms with E-state index in [2.05, 4.69) is 202 Å². The maximum Gasteiger partial charge on any atom is 0.137 e. The summed E-state index contributed by atoms with van der Waals surface area (Å²) in [5, 5.41) is 2.36. The minimum Gasteiger partial charge on any atom is -0.457 e. The van der Waals surface area contributed by atoms with Crippen LogP contribution in [0.5, 0.6) is 11.5 Å². The lowest BCUT2D eigenvalue weighted by Crippen LogP contribution is -2.27. The van der Waals surface area contributed by atoms with Crippen molar-refractivity contribution in [3.8, 4) is 28.4 Å². The summed E-state index contributed by atoms with van der Waals surface area (Å²) in [4.78, 5) is 9.74. The molecule has 0 saturated heterocycles. The zero-order valence-corrected chi connectivity index (χ0v) is 33.1. The maximum atomic E-state index is 6.69. The first-order valence-electron chi connectivity index (χ1n) is 19.6. The number of ether oxygens (including phenoxy) is 1. The third-order valence-corrected chi connectivity index (χ3v) is 11.1. The van der Waals surface area contributed by atoms with E-state index in [1.807, 2.05) is 12.3 Å². The lowest BCUT2D eigenvalue weighted by atomic mass is 9.84. The number of hydrogen-bond donors (Lipinski definition) is 0. The largest absolute Gasteiger partial charge is 0.457 e. The SMILES string of the molecule is CC(C)(C)c1ccnc(-n2c3ccccc3c3ccc(Oc4cccc(N5CN(Cc6ccc(C(C)(C)C)cc6-c6ccccc6)c6ccccc65)c4)cc32)c1. The number of aromatic nitrogens is 2. The van der Waals surface area contributed by atoms with Crippen molar-refractivity contribution in [1.29, 1.82) is 0 Å². The van der Waals surface area contributed by atoms with Crippen LogP contribution in [0.15, 0.2) is 158 Å². The molecule has 2 aromatic heterocycles. The zero-order chi connectivity index (χ0) is 38.6. The van der Waals surface area contributed by atoms with Crippen molar-refractivity contribution >= 4 is 38.9 Å². The summed E-state index contributed by atoms with van der Waals surface area (Å²) in [6.07, 6.45) is 1.92. The molecule has 0 bridgehead atoms. The highest BCUT2D eigenvalue weighted by Crippen LogP contribution is 2.43. The van der Waals surface area contributed by atoms with E-state index in [1.54, 1.807) is 0 Å². The molecule has 3 heterocycles. The van der Waals surface area contributed by atoms with Crippen LogP contribution in [0.4, 0.5) is 17.1 Å². The van der Waals surface area contributed by atoms with Crippen LogP contribution < -0.4 is 14.5 Å². The number of nitrogens with zero attached hydrogens (tertiary/aromatic N) is 4. The van der Waals surface area contributed by atoms with Gasteiger partial charge in [-0.3, -0.25) is 4.57 Å². The van der Waals surface area contributed by atoms with Crippen molar-refractivity contribution in [2.24, 2.45) is 0 Å². The molecule has 278 valence electrons. The fourth-order valence-electron chi connectivity index (χ4n) is 8.03. The van der Waals surface area contributed by atoms with E-state index in [9.17, 15) is 0 Å². The van der Waals surface area contributed by atoms with Crippen LogP contribution in [0, 0.1) is 0 Å². The second kappa shape index (κ2) is 13.8. The van der Waals surface area contributed by atoms with Gasteiger partial charge in [0.2, 0.25) is 0 Å². The van der Waals surface area contributed by atoms with E-state index in [-0.39, 0.29) is 10.8 Å². The molecular weight excluding hydrogens is 685 g/mol. The lowest BCUT2D eigenvalue weighted by molar-refractivity contribution is 0.483. The van der Waals surface area contributed by atoms with Crippen LogP contribution >= 0.6 is 0 Å². The van der Waals surface area contributed by atoms with Gasteiger partial charge in [-0.05, 0) is 93.2 Å². The number of rotatable bonds is 7. The smallest absolute Gasteiger partial charge is 0.137 e. The molecule has 0 atom stereocenters. The second-order valence-electron chi connectivity index (χ2n) is 17.0. The summed E-state index contributed by atoms with van der Waals surface area (Å²) >= 11 is 0. The molecule has 0 aliphatic carbocycles. The van der Waals surface area contributed by atoms with Gasteiger partial charge in [0.15, 0.2) is 0 Å². The van der Waals surface area contributed by atoms with Crippen molar-refractivity contribution in [3.63, 3.8) is 0 Å². The van der Waals surface area contributed by atoms with Crippen molar-refractivity contribution in [1.82, 2.24) is 9.55 Å². The number of fused-ring (bicyclic) bond motifs is 4. The Morgan fingerprint density at radius 2 is 1.27 bits per heavy atom. The molecule has 1 aliphatic heterocycles. The first kappa shape index (κ1) is 35.4. The van der Waals surface area contributed by atoms with Gasteiger partial charge in [-0.2, -0.15) is 0 Å². The third-order valence-electron chi connectivity index (χ3n) is 11.1. The normalized spacial score (nSPS) is 13.1. The minimum atomic E-state index is 0.00538. The highest BCUT2D eigenvalue weighted by molar-refractivity contribution is 6.09. The predicted octanol–water partition coefficient (Wildman–Crippen LogP) is 13.3. The summed E-state index contributed by atoms with van der Waals surface area (Å²) in [5.74, 6) is 2.47. The van der Waals surface area contributed by atoms with E-state index >= 15 is 0 Å². The molecule has 1 aliphatic rings. The van der Waals surface area contributed by atoms with Crippen LogP contribution in [0.2, 0.25) is 0 Å². The monoisotopic (exact) mass is 732 g/mol. The van der Waals surface area contributed by atoms with Crippen molar-refractivity contribution < 1.29 is 4.74 Å². The van der Waals surface area contributed by atoms with Gasteiger partial charge >= 0.3 is 0 Å². The van der Waals surface area contributed by atoms with Crippen molar-refractivity contribution in [2.75, 3.05) is 16.5 Å². The third kappa shape index (κ3) is 6.57. The average Bonchev–Trinajstić information content (AvgIpc) is 3.73. The van der Waals surface area contributed by atoms with Crippen LogP contribution in [0.1, 0.15) is 58.2 Å². The van der Waals surface area contributed by atoms with Crippen molar-refractivity contribution in [3.05, 3.63) is 175 Å². The molecule has 56 heavy (non-hydrogen) atoms. The summed E-state index contributed by atoms with van der Waals surface area (Å²) < 4.78 is 8.95. The Morgan fingerprint density at radius 1 is 0.571 bits per heavy atom. The van der Waals surface area contributed by atoms with E-state index in [0.29, 0.717) is 0 Å². The molecule has 0 amide bonds. The van der Waals surface area contributed by atoms with E-state index in [1.165, 1.54) is 50.0 Å². The lowest BCUT2D eigenvalue weighted by Gasteiger charge is -2.25. The molecule has 0 N–H and O–H groups in total. The van der Waals surface area contributed by atoms with Gasteiger partial charge in [-0.25, -0.2) is 4.98 Å². The number of hydrogen-bond acceptors (Lipinski definition) is 4. The van der Waals surface area contributed by atoms with Gasteiger partial charge in [0, 0.05) is 41.3 Å². The van der Waals surface area contributed by atoms with Crippen LogP contribution in [0.25, 0.3) is 38.8 Å². The highest BCUT2D eigenvalue weighted by atomic mass is 16.5. The molecule has 0 radical (unpaired) electrons. The van der Waals surface area contributed by atoms with Crippen LogP contribution in [-0.2, 0) is 17.4 Å². The molecular formula is C51H48N4O. The molecule has 0 saturated carbocycles. The van der Waals surface area contributed by atoms with E-state index < -0.39 is 0 Å². The molecule has 5 heteroatoms. The van der Waals surface area contributed by atoms with Gasteiger partial charge in [0.25, 0.3) is 0 Å². The Labute approximate surface area is 330 Å². The van der Waals surface area contributed by atoms with Crippen LogP contribution in [0.3, 0.4) is 0 Å². The van der Waals surface area contributed by atoms with Gasteiger partial charge in [0.1, 0.15) is 17.3 Å². The molecule has 0 spiro atoms. The maximum absolute atomic E-state index is 6.69. The van der Waals surface area contributed by atoms with E-state index in [4.69, 9.17) is 9.72 Å². The fourth-order valence-corrected chi connectivity index (χ4v) is 8.03. The Hall–Kier alpha value is -6.33. The average molecular weight is 733 g/mol. The predicted molar refractivity (Wildman–Crippen MR) is 234 cm³/mol. The quantitative estimate of drug-likeness (QED) is 0.163. The molecule has 6 aromatic carbocycles. The van der Waals surface area contributed by atoms with Gasteiger partial charge in [-0.15, -0.1) is 0 Å². The Balaban J connectivity index is 1.04. The molecule has 5 nitrogen and oxygen atoms in total. The highest BCUT2D eigenvalue weighted by Gasteiger charge is 2.28. The Bertz CT molecular complexity index is 2710. The van der Waals surface area contributed by atoms with Gasteiger partial charge in [-0.1, -0.05) is 126 Å². The summed E-state index contributed by atoms with van der Waals surface area (Å²) in [6.45, 7) is 15.1. The summed E-state index contributed by atoms with van der Waals surface area (Å²) in [5.41, 5.74) is 12.2. The standard InChI is InChI=1S/C51H48N4O/c1-50(2,3)37-24-23-36(44(29-37)35-15-8-7-9-16-35)33-53-34-54(47-22-13-12-21-46(47)53)39-17-14-18-40(31-39)56-41-25-26-43-42-19-10-11-20-45(42)55(48(43)32-41)49-30-38(27-28-52-49)51(4,5)6/h7-32H,33-34H2,1-6H3. The fraction of sp³-hybridized carbons (Fsp3) is 0.196. The number of benzene rings is 6. The Morgan fingerprint density at radius 3 is 2.07 bits per heavy atom. The summed E-state index contributed by atoms with van der Waals surface area (Å²) in [7, 11) is 0. The first-order valence-corrected chi connectivity index (χ1v) is 19.6. The number of para-hydroxylation sites is 3. The zero-order valence-electron chi connectivity index (χ0n) is 33.1. The molecule has 8 aromatic rings. The summed E-state index contributed by atoms with van der Waals surface area (Å²) in [6, 6.07) is 54.3.